The van der Waals surface area contributed by atoms with Gasteiger partial charge in [-0.2, -0.15) is 0 Å². The Hall–Kier alpha value is -3.18. The number of phenolic OH excluding ortho intramolecular Hbond substituents is 1. The molecule has 0 radical (unpaired) electrons. The Bertz CT molecular complexity index is 1010. The first-order valence-corrected chi connectivity index (χ1v) is 8.99. The molecule has 1 aliphatic rings. The molecule has 2 N–H and O–H groups in total. The van der Waals surface area contributed by atoms with E-state index in [0.29, 0.717) is 12.1 Å². The standard InChI is InChI=1S/C22H20N2O3/c25-19-8-3-6-16-11-13-17(23-21(16)19)12-10-15-5-1-2-7-18(15)24-22(26)20-9-4-14-27-20/h1-3,5-8,10-13,20,25H,4,9,14H2,(H,24,26)/b12-10+/t20-/m0/s1. The number of carbonyl (C=O) groups is 1. The van der Waals surface area contributed by atoms with Crippen molar-refractivity contribution < 1.29 is 14.6 Å². The minimum atomic E-state index is -0.368. The zero-order valence-electron chi connectivity index (χ0n) is 14.8. The predicted molar refractivity (Wildman–Crippen MR) is 106 cm³/mol. The number of carbonyl (C=O) groups excluding carboxylic acids is 1. The Morgan fingerprint density at radius 1 is 1.11 bits per heavy atom. The lowest BCUT2D eigenvalue weighted by molar-refractivity contribution is -0.124. The number of benzene rings is 2. The third kappa shape index (κ3) is 3.83. The molecule has 5 heteroatoms. The van der Waals surface area contributed by atoms with Crippen LogP contribution in [0.4, 0.5) is 5.69 Å². The van der Waals surface area contributed by atoms with E-state index in [4.69, 9.17) is 4.74 Å². The van der Waals surface area contributed by atoms with Crippen molar-refractivity contribution >= 4 is 34.6 Å². The molecule has 1 aliphatic heterocycles. The highest BCUT2D eigenvalue weighted by atomic mass is 16.5. The van der Waals surface area contributed by atoms with Crippen molar-refractivity contribution in [3.05, 3.63) is 65.9 Å². The molecule has 1 aromatic heterocycles. The zero-order valence-corrected chi connectivity index (χ0v) is 14.8. The molecule has 1 atom stereocenters. The Morgan fingerprint density at radius 3 is 2.85 bits per heavy atom. The minimum Gasteiger partial charge on any atom is -0.506 e. The quantitative estimate of drug-likeness (QED) is 0.730. The average Bonchev–Trinajstić information content (AvgIpc) is 3.23. The van der Waals surface area contributed by atoms with Crippen LogP contribution in [0.2, 0.25) is 0 Å². The first-order valence-electron chi connectivity index (χ1n) is 8.99. The monoisotopic (exact) mass is 360 g/mol. The van der Waals surface area contributed by atoms with Gasteiger partial charge >= 0.3 is 0 Å². The number of hydrogen-bond donors (Lipinski definition) is 2. The number of amides is 1. The van der Waals surface area contributed by atoms with Crippen LogP contribution in [-0.4, -0.2) is 28.7 Å². The number of ether oxygens (including phenoxy) is 1. The van der Waals surface area contributed by atoms with Crippen LogP contribution in [0.3, 0.4) is 0 Å². The Morgan fingerprint density at radius 2 is 2.00 bits per heavy atom. The molecule has 5 nitrogen and oxygen atoms in total. The number of aromatic nitrogens is 1. The van der Waals surface area contributed by atoms with Gasteiger partial charge in [-0.3, -0.25) is 4.79 Å². The van der Waals surface area contributed by atoms with Crippen molar-refractivity contribution in [2.45, 2.75) is 18.9 Å². The van der Waals surface area contributed by atoms with Gasteiger partial charge < -0.3 is 15.2 Å². The lowest BCUT2D eigenvalue weighted by Crippen LogP contribution is -2.27. The number of anilines is 1. The first-order chi connectivity index (χ1) is 13.2. The summed E-state index contributed by atoms with van der Waals surface area (Å²) in [5, 5.41) is 13.8. The fourth-order valence-electron chi connectivity index (χ4n) is 3.17. The van der Waals surface area contributed by atoms with Crippen LogP contribution in [0.1, 0.15) is 24.1 Å². The Kier molecular flexibility index (Phi) is 4.85. The SMILES string of the molecule is O=C(Nc1ccccc1/C=C/c1ccc2cccc(O)c2n1)[C@@H]1CCCO1. The van der Waals surface area contributed by atoms with Crippen LogP contribution in [0.15, 0.2) is 54.6 Å². The maximum Gasteiger partial charge on any atom is 0.253 e. The summed E-state index contributed by atoms with van der Waals surface area (Å²) in [7, 11) is 0. The third-order valence-electron chi connectivity index (χ3n) is 4.59. The van der Waals surface area contributed by atoms with E-state index in [1.807, 2.05) is 54.6 Å². The van der Waals surface area contributed by atoms with Crippen molar-refractivity contribution in [2.24, 2.45) is 0 Å². The summed E-state index contributed by atoms with van der Waals surface area (Å²) in [6.45, 7) is 0.639. The van der Waals surface area contributed by atoms with Gasteiger partial charge in [0.2, 0.25) is 0 Å². The average molecular weight is 360 g/mol. The number of nitrogens with one attached hydrogen (secondary N) is 1. The highest BCUT2D eigenvalue weighted by molar-refractivity contribution is 5.96. The van der Waals surface area contributed by atoms with E-state index in [-0.39, 0.29) is 17.8 Å². The maximum atomic E-state index is 12.3. The predicted octanol–water partition coefficient (Wildman–Crippen LogP) is 4.23. The number of pyridine rings is 1. The first kappa shape index (κ1) is 17.2. The molecular formula is C22H20N2O3. The van der Waals surface area contributed by atoms with Crippen LogP contribution >= 0.6 is 0 Å². The van der Waals surface area contributed by atoms with Crippen LogP contribution in [0, 0.1) is 0 Å². The molecule has 4 rings (SSSR count). The van der Waals surface area contributed by atoms with Crippen molar-refractivity contribution in [2.75, 3.05) is 11.9 Å². The van der Waals surface area contributed by atoms with E-state index in [0.717, 1.165) is 35.2 Å². The summed E-state index contributed by atoms with van der Waals surface area (Å²) in [5.41, 5.74) is 2.91. The van der Waals surface area contributed by atoms with Crippen LogP contribution in [0.5, 0.6) is 5.75 Å². The molecule has 2 aromatic carbocycles. The highest BCUT2D eigenvalue weighted by Crippen LogP contribution is 2.24. The van der Waals surface area contributed by atoms with E-state index >= 15 is 0 Å². The molecule has 1 fully saturated rings. The molecule has 2 heterocycles. The lowest BCUT2D eigenvalue weighted by atomic mass is 10.1. The van der Waals surface area contributed by atoms with E-state index < -0.39 is 0 Å². The number of nitrogens with zero attached hydrogens (tertiary/aromatic N) is 1. The number of rotatable bonds is 4. The van der Waals surface area contributed by atoms with Gasteiger partial charge in [-0.05, 0) is 42.7 Å². The van der Waals surface area contributed by atoms with Gasteiger partial charge in [-0.15, -0.1) is 0 Å². The number of fused-ring (bicyclic) bond motifs is 1. The van der Waals surface area contributed by atoms with Gasteiger partial charge in [0.1, 0.15) is 17.4 Å². The zero-order chi connectivity index (χ0) is 18.6. The smallest absolute Gasteiger partial charge is 0.253 e. The van der Waals surface area contributed by atoms with Crippen molar-refractivity contribution in [3.8, 4) is 5.75 Å². The van der Waals surface area contributed by atoms with E-state index in [2.05, 4.69) is 10.3 Å². The maximum absolute atomic E-state index is 12.3. The Labute approximate surface area is 157 Å². The topological polar surface area (TPSA) is 71.5 Å². The van der Waals surface area contributed by atoms with Gasteiger partial charge in [0, 0.05) is 17.7 Å². The minimum absolute atomic E-state index is 0.109. The second kappa shape index (κ2) is 7.60. The highest BCUT2D eigenvalue weighted by Gasteiger charge is 2.23. The molecule has 3 aromatic rings. The number of hydrogen-bond acceptors (Lipinski definition) is 4. The summed E-state index contributed by atoms with van der Waals surface area (Å²) < 4.78 is 5.44. The van der Waals surface area contributed by atoms with Crippen molar-refractivity contribution in [1.82, 2.24) is 4.98 Å². The van der Waals surface area contributed by atoms with E-state index in [1.54, 1.807) is 12.1 Å². The van der Waals surface area contributed by atoms with E-state index in [9.17, 15) is 9.90 Å². The lowest BCUT2D eigenvalue weighted by Gasteiger charge is -2.12. The van der Waals surface area contributed by atoms with Gasteiger partial charge in [0.25, 0.3) is 5.91 Å². The fraction of sp³-hybridized carbons (Fsp3) is 0.182. The summed E-state index contributed by atoms with van der Waals surface area (Å²) in [5.74, 6) is 0.0501. The summed E-state index contributed by atoms with van der Waals surface area (Å²) >= 11 is 0. The fourth-order valence-corrected chi connectivity index (χ4v) is 3.17. The van der Waals surface area contributed by atoms with Crippen LogP contribution in [0.25, 0.3) is 23.1 Å². The summed E-state index contributed by atoms with van der Waals surface area (Å²) in [4.78, 5) is 16.8. The van der Waals surface area contributed by atoms with Gasteiger partial charge in [0.15, 0.2) is 0 Å². The molecule has 27 heavy (non-hydrogen) atoms. The molecule has 0 unspecified atom stereocenters. The number of aromatic hydroxyl groups is 1. The Balaban J connectivity index is 1.57. The van der Waals surface area contributed by atoms with Crippen molar-refractivity contribution in [1.29, 1.82) is 0 Å². The molecular weight excluding hydrogens is 340 g/mol. The second-order valence-electron chi connectivity index (χ2n) is 6.50. The largest absolute Gasteiger partial charge is 0.506 e. The van der Waals surface area contributed by atoms with Crippen LogP contribution in [-0.2, 0) is 9.53 Å². The van der Waals surface area contributed by atoms with Gasteiger partial charge in [-0.25, -0.2) is 4.98 Å². The van der Waals surface area contributed by atoms with Crippen molar-refractivity contribution in [3.63, 3.8) is 0 Å². The number of phenols is 1. The molecule has 0 aliphatic carbocycles. The summed E-state index contributed by atoms with van der Waals surface area (Å²) in [6, 6.07) is 16.7. The molecule has 0 spiro atoms. The van der Waals surface area contributed by atoms with Gasteiger partial charge in [-0.1, -0.05) is 42.5 Å². The van der Waals surface area contributed by atoms with Crippen LogP contribution < -0.4 is 5.32 Å². The molecule has 1 amide bonds. The number of para-hydroxylation sites is 2. The summed E-state index contributed by atoms with van der Waals surface area (Å²) in [6.07, 6.45) is 5.07. The second-order valence-corrected chi connectivity index (χ2v) is 6.50. The third-order valence-corrected chi connectivity index (χ3v) is 4.59. The molecule has 0 bridgehead atoms. The van der Waals surface area contributed by atoms with E-state index in [1.165, 1.54) is 0 Å². The normalized spacial score (nSPS) is 16.8. The molecule has 136 valence electrons. The van der Waals surface area contributed by atoms with Gasteiger partial charge in [0.05, 0.1) is 5.69 Å². The molecule has 1 saturated heterocycles. The molecule has 0 saturated carbocycles.